The maximum atomic E-state index is 2.75. The van der Waals surface area contributed by atoms with Crippen molar-refractivity contribution in [2.75, 3.05) is 39.3 Å². The zero-order chi connectivity index (χ0) is 12.6. The first-order valence-corrected chi connectivity index (χ1v) is 11.0. The van der Waals surface area contributed by atoms with Gasteiger partial charge in [0, 0.05) is 0 Å². The maximum absolute atomic E-state index is 2.75. The molecule has 3 nitrogen and oxygen atoms in total. The topological polar surface area (TPSA) is 9.72 Å². The molecular weight excluding hydrogens is 326 g/mol. The van der Waals surface area contributed by atoms with Crippen molar-refractivity contribution in [3.8, 4) is 0 Å². The van der Waals surface area contributed by atoms with Crippen LogP contribution in [-0.2, 0) is 0 Å². The molecule has 0 saturated heterocycles. The van der Waals surface area contributed by atoms with E-state index in [9.17, 15) is 0 Å². The van der Waals surface area contributed by atoms with Crippen LogP contribution in [0.5, 0.6) is 0 Å². The molecule has 97 valence electrons. The Labute approximate surface area is 119 Å². The van der Waals surface area contributed by atoms with Gasteiger partial charge in [0.25, 0.3) is 0 Å². The number of rotatable bonds is 9. The van der Waals surface area contributed by atoms with Crippen LogP contribution in [0.25, 0.3) is 0 Å². The molecule has 0 N–H and O–H groups in total. The van der Waals surface area contributed by atoms with Crippen molar-refractivity contribution in [1.29, 1.82) is 0 Å². The van der Waals surface area contributed by atoms with Gasteiger partial charge in [-0.1, -0.05) is 0 Å². The first-order chi connectivity index (χ1) is 7.69. The molecule has 0 atom stereocenters. The van der Waals surface area contributed by atoms with Crippen molar-refractivity contribution >= 4 is 0 Å². The molecule has 4 heteroatoms. The van der Waals surface area contributed by atoms with Crippen molar-refractivity contribution in [3.05, 3.63) is 0 Å². The summed E-state index contributed by atoms with van der Waals surface area (Å²) in [6.45, 7) is 21.1. The van der Waals surface area contributed by atoms with E-state index in [1.165, 1.54) is 39.3 Å². The summed E-state index contributed by atoms with van der Waals surface area (Å²) in [4.78, 5) is 0. The van der Waals surface area contributed by atoms with Gasteiger partial charge in [0.2, 0.25) is 0 Å². The standard InChI is InChI=1S/3C4H10N.Ce/c3*1-3-5-4-2;/h3*3-4H2,1-2H3;/q3*-1;+3. The molecule has 0 fully saturated rings. The summed E-state index contributed by atoms with van der Waals surface area (Å²) in [5, 5.41) is 0. The minimum atomic E-state index is -1.91. The number of hydrogen-bond donors (Lipinski definition) is 0. The van der Waals surface area contributed by atoms with Crippen LogP contribution >= 0.6 is 0 Å². The predicted molar refractivity (Wildman–Crippen MR) is 68.8 cm³/mol. The Bertz CT molecular complexity index is 126. The van der Waals surface area contributed by atoms with Gasteiger partial charge in [0.1, 0.15) is 0 Å². The third-order valence-electron chi connectivity index (χ3n) is 3.14. The van der Waals surface area contributed by atoms with Crippen LogP contribution < -0.4 is 0 Å². The van der Waals surface area contributed by atoms with Crippen molar-refractivity contribution in [3.63, 3.8) is 0 Å². The fourth-order valence-electron chi connectivity index (χ4n) is 2.12. The van der Waals surface area contributed by atoms with Crippen molar-refractivity contribution < 1.29 is 36.6 Å². The number of nitrogens with zero attached hydrogens (tertiary/aromatic N) is 3. The summed E-state index contributed by atoms with van der Waals surface area (Å²) in [6, 6.07) is 0. The van der Waals surface area contributed by atoms with Crippen molar-refractivity contribution in [2.24, 2.45) is 0 Å². The van der Waals surface area contributed by atoms with Crippen LogP contribution in [0.3, 0.4) is 0 Å². The van der Waals surface area contributed by atoms with E-state index >= 15 is 0 Å². The summed E-state index contributed by atoms with van der Waals surface area (Å²) in [5.41, 5.74) is 0. The fraction of sp³-hybridized carbons (Fsp3) is 1.00. The monoisotopic (exact) mass is 356 g/mol. The third kappa shape index (κ3) is 4.86. The Balaban J connectivity index is 4.84. The zero-order valence-corrected chi connectivity index (χ0v) is 15.2. The average molecular weight is 357 g/mol. The van der Waals surface area contributed by atoms with Crippen molar-refractivity contribution in [1.82, 2.24) is 2.59 Å². The van der Waals surface area contributed by atoms with E-state index in [4.69, 9.17) is 0 Å². The molecule has 16 heavy (non-hydrogen) atoms. The molecule has 0 aliphatic heterocycles. The molecule has 0 aromatic rings. The van der Waals surface area contributed by atoms with E-state index in [0.29, 0.717) is 0 Å². The van der Waals surface area contributed by atoms with Gasteiger partial charge >= 0.3 is 120 Å². The van der Waals surface area contributed by atoms with Gasteiger partial charge in [-0.2, -0.15) is 0 Å². The van der Waals surface area contributed by atoms with E-state index in [2.05, 4.69) is 44.1 Å². The molecule has 0 aliphatic carbocycles. The molecule has 0 bridgehead atoms. The Kier molecular flexibility index (Phi) is 11.0. The summed E-state index contributed by atoms with van der Waals surface area (Å²) < 4.78 is 8.26. The van der Waals surface area contributed by atoms with Crippen LogP contribution in [0.2, 0.25) is 0 Å². The summed E-state index contributed by atoms with van der Waals surface area (Å²) in [5.74, 6) is 0. The molecular formula is C12H30CeN3. The Morgan fingerprint density at radius 3 is 0.812 bits per heavy atom. The molecule has 0 rings (SSSR count). The van der Waals surface area contributed by atoms with Gasteiger partial charge in [-0.05, 0) is 0 Å². The molecule has 0 aromatic carbocycles. The molecule has 0 heterocycles. The summed E-state index contributed by atoms with van der Waals surface area (Å²) >= 11 is -1.91. The Hall–Kier alpha value is 1.26. The Morgan fingerprint density at radius 1 is 0.500 bits per heavy atom. The van der Waals surface area contributed by atoms with Crippen LogP contribution in [0, 0.1) is 36.6 Å². The van der Waals surface area contributed by atoms with Crippen LogP contribution in [-0.4, -0.2) is 41.9 Å². The second kappa shape index (κ2) is 10.2. The molecule has 0 aliphatic rings. The van der Waals surface area contributed by atoms with E-state index in [0.717, 1.165) is 0 Å². The average Bonchev–Trinajstić information content (AvgIpc) is 2.33. The first kappa shape index (κ1) is 17.3. The molecule has 0 amide bonds. The fourth-order valence-corrected chi connectivity index (χ4v) is 11.2. The number of hydrogen-bond acceptors (Lipinski definition) is 3. The molecule has 0 radical (unpaired) electrons. The van der Waals surface area contributed by atoms with Gasteiger partial charge in [-0.3, -0.25) is 0 Å². The van der Waals surface area contributed by atoms with Crippen LogP contribution in [0.4, 0.5) is 0 Å². The summed E-state index contributed by atoms with van der Waals surface area (Å²) in [6.07, 6.45) is 0. The Morgan fingerprint density at radius 2 is 0.688 bits per heavy atom. The van der Waals surface area contributed by atoms with E-state index in [1.54, 1.807) is 0 Å². The molecule has 0 saturated carbocycles. The first-order valence-electron chi connectivity index (χ1n) is 6.81. The van der Waals surface area contributed by atoms with Gasteiger partial charge in [0.15, 0.2) is 0 Å². The zero-order valence-electron chi connectivity index (χ0n) is 12.1. The van der Waals surface area contributed by atoms with Crippen molar-refractivity contribution in [2.45, 2.75) is 41.5 Å². The van der Waals surface area contributed by atoms with Crippen LogP contribution in [0.1, 0.15) is 41.5 Å². The third-order valence-corrected chi connectivity index (χ3v) is 14.4. The molecule has 0 unspecified atom stereocenters. The second-order valence-electron chi connectivity index (χ2n) is 3.82. The molecule has 0 spiro atoms. The normalized spacial score (nSPS) is 11.8. The minimum absolute atomic E-state index is 1.21. The van der Waals surface area contributed by atoms with E-state index in [1.807, 2.05) is 0 Å². The van der Waals surface area contributed by atoms with Crippen LogP contribution in [0.15, 0.2) is 0 Å². The second-order valence-corrected chi connectivity index (χ2v) is 11.7. The van der Waals surface area contributed by atoms with E-state index < -0.39 is 36.6 Å². The quantitative estimate of drug-likeness (QED) is 0.628. The predicted octanol–water partition coefficient (Wildman–Crippen LogP) is 2.38. The van der Waals surface area contributed by atoms with Gasteiger partial charge < -0.3 is 0 Å². The van der Waals surface area contributed by atoms with E-state index in [-0.39, 0.29) is 0 Å². The van der Waals surface area contributed by atoms with Gasteiger partial charge in [-0.25, -0.2) is 0 Å². The van der Waals surface area contributed by atoms with Gasteiger partial charge in [-0.15, -0.1) is 0 Å². The molecule has 0 aromatic heterocycles. The SMILES string of the molecule is CC[N](CC)[Ce]([N](CC)CC)[N](CC)CC. The summed E-state index contributed by atoms with van der Waals surface area (Å²) in [7, 11) is 0. The van der Waals surface area contributed by atoms with Gasteiger partial charge in [0.05, 0.1) is 0 Å².